The van der Waals surface area contributed by atoms with Gasteiger partial charge in [-0.05, 0) is 149 Å². The second-order valence-corrected chi connectivity index (χ2v) is 47.2. The Morgan fingerprint density at radius 1 is 0.223 bits per heavy atom. The smallest absolute Gasteiger partial charge is 0.457 e. The molecule has 0 spiro atoms. The van der Waals surface area contributed by atoms with Gasteiger partial charge < -0.3 is 20.4 Å². The first kappa shape index (κ1) is 116. The Labute approximate surface area is 708 Å². The summed E-state index contributed by atoms with van der Waals surface area (Å²) in [6.07, 6.45) is 0. The fourth-order valence-electron chi connectivity index (χ4n) is 9.74. The number of hydrogen-bond acceptors (Lipinski definition) is 2. The summed E-state index contributed by atoms with van der Waals surface area (Å²) in [6.45, 7) is 11.3. The molecular weight excluding hydrogens is 2040 g/mol. The number of ether oxygens (including phenoxy) is 2. The van der Waals surface area contributed by atoms with Crippen LogP contribution in [0.15, 0.2) is 303 Å². The van der Waals surface area contributed by atoms with Gasteiger partial charge in [-0.1, -0.05) is 182 Å². The van der Waals surface area contributed by atoms with Crippen molar-refractivity contribution in [1.82, 2.24) is 0 Å². The van der Waals surface area contributed by atoms with Gasteiger partial charge in [-0.3, -0.25) is 0 Å². The zero-order valence-electron chi connectivity index (χ0n) is 60.5. The molecule has 0 saturated heterocycles. The number of alkyl halides is 4. The standard InChI is InChI=1S/2C32H29P3.2C4H10O.2CH2Cl2.Au.2Cu.3F6P.2H2O/c2*1-6-16-28(17-7-1)33(26-34(29-18-8-2-9-19-29)30-20-10-3-11-21-30)27-35(31-22-12-4-13-23-31)32-24-14-5-15-25-32;2*1-3-5-4-2;2*2-1-3;;;;3*1-7(2,3,4,5)6;;/h2*1-25H,26-27H2;2*3-4H2,1-2H3;2*1H2;;;;;;;2*1H2/q;;;;;;3*+1;3*-1;;/p+8. The van der Waals surface area contributed by atoms with E-state index in [0.717, 1.165) is 26.4 Å². The fourth-order valence-corrected chi connectivity index (χ4v) is 37.0. The van der Waals surface area contributed by atoms with Crippen LogP contribution in [0.25, 0.3) is 0 Å². The van der Waals surface area contributed by atoms with Crippen LogP contribution in [0.4, 0.5) is 75.5 Å². The van der Waals surface area contributed by atoms with E-state index in [1.165, 1.54) is 66.0 Å². The normalized spacial score (nSPS) is 12.5. The minimum absolute atomic E-state index is 0. The molecule has 4 nitrogen and oxygen atoms in total. The van der Waals surface area contributed by atoms with Crippen LogP contribution < -0.4 is 53.0 Å². The predicted molar refractivity (Wildman–Crippen MR) is 458 cm³/mol. The van der Waals surface area contributed by atoms with E-state index in [1.807, 2.05) is 27.7 Å². The maximum absolute atomic E-state index is 10.7. The SMILES string of the molecule is CCOCC.CCOCC.ClCCl.ClCCl.F[P-](F)(F)(F)(F)F.F[P-](F)(F)(F)(F)F.F[P-](F)(F)(F)(F)F.[Au+].[Cu+].[Cu+].[OH3+].[OH3+].c1ccc([PH+](C[PH+](c2ccccc2)c2ccccc2)C[PH+](c2ccccc2)c2ccccc2)cc1.c1ccc([PH+](C[PH+](c2ccccc2)c2ccccc2)C[PH+](c2ccccc2)c2ccccc2)cc1. The monoisotopic (exact) mass is 2130 g/mol. The average Bonchev–Trinajstić information content (AvgIpc) is 0.794. The van der Waals surface area contributed by atoms with Gasteiger partial charge in [0.2, 0.25) is 0 Å². The van der Waals surface area contributed by atoms with Gasteiger partial charge in [0.25, 0.3) is 0 Å². The molecule has 0 aliphatic heterocycles. The summed E-state index contributed by atoms with van der Waals surface area (Å²) in [5.74, 6) is 5.17. The molecular formula is C74H94AuCl4Cu2F18O4P9+8. The van der Waals surface area contributed by atoms with E-state index in [4.69, 9.17) is 55.9 Å². The zero-order valence-corrected chi connectivity index (χ0v) is 76.2. The van der Waals surface area contributed by atoms with Crippen molar-refractivity contribution in [2.24, 2.45) is 0 Å². The van der Waals surface area contributed by atoms with Crippen LogP contribution in [0.2, 0.25) is 0 Å². The Hall–Kier alpha value is -2.41. The number of halogens is 22. The molecule has 0 atom stereocenters. The van der Waals surface area contributed by atoms with E-state index >= 15 is 0 Å². The molecule has 112 heavy (non-hydrogen) atoms. The molecule has 10 aromatic carbocycles. The Morgan fingerprint density at radius 2 is 0.312 bits per heavy atom. The summed E-state index contributed by atoms with van der Waals surface area (Å²) in [6, 6.07) is 113. The Bertz CT molecular complexity index is 3320. The fraction of sp³-hybridized carbons (Fsp3) is 0.189. The molecule has 0 amide bonds. The third kappa shape index (κ3) is 64.6. The van der Waals surface area contributed by atoms with E-state index in [-0.39, 0.29) is 78.1 Å². The van der Waals surface area contributed by atoms with Crippen LogP contribution in [0, 0.1) is 0 Å². The van der Waals surface area contributed by atoms with Crippen molar-refractivity contribution in [3.05, 3.63) is 303 Å². The summed E-state index contributed by atoms with van der Waals surface area (Å²) in [7, 11) is -37.2. The van der Waals surface area contributed by atoms with Crippen LogP contribution in [0.1, 0.15) is 27.7 Å². The minimum atomic E-state index is -10.7. The van der Waals surface area contributed by atoms with Crippen molar-refractivity contribution in [1.29, 1.82) is 0 Å². The Morgan fingerprint density at radius 3 is 0.393 bits per heavy atom. The van der Waals surface area contributed by atoms with Crippen molar-refractivity contribution in [3.8, 4) is 0 Å². The van der Waals surface area contributed by atoms with Gasteiger partial charge in [0.1, 0.15) is 90.0 Å². The van der Waals surface area contributed by atoms with Crippen molar-refractivity contribution in [2.75, 3.05) is 60.7 Å². The first-order valence-electron chi connectivity index (χ1n) is 32.5. The first-order chi connectivity index (χ1) is 49.8. The number of benzene rings is 10. The maximum atomic E-state index is 9.87. The number of hydrogen-bond donors (Lipinski definition) is 0. The molecule has 0 heterocycles. The largest absolute Gasteiger partial charge is 1.00 e. The Kier molecular flexibility index (Phi) is 55.9. The summed E-state index contributed by atoms with van der Waals surface area (Å²) in [4.78, 5) is 0. The number of rotatable bonds is 22. The maximum Gasteiger partial charge on any atom is 1.00 e. The third-order valence-electron chi connectivity index (χ3n) is 13.7. The van der Waals surface area contributed by atoms with Gasteiger partial charge in [0.05, 0.1) is 21.3 Å². The van der Waals surface area contributed by atoms with Gasteiger partial charge in [-0.25, -0.2) is 0 Å². The van der Waals surface area contributed by atoms with Crippen LogP contribution >= 0.6 is 117 Å². The molecule has 0 aromatic heterocycles. The third-order valence-corrected chi connectivity index (χ3v) is 36.7. The molecule has 6 N–H and O–H groups in total. The minimum Gasteiger partial charge on any atom is -0.457 e. The molecule has 38 heteroatoms. The van der Waals surface area contributed by atoms with Crippen LogP contribution in [-0.4, -0.2) is 60.7 Å². The Balaban J connectivity index is -0.000000700. The molecule has 0 saturated carbocycles. The zero-order chi connectivity index (χ0) is 80.3. The summed E-state index contributed by atoms with van der Waals surface area (Å²) in [5, 5.41) is 15.7. The molecule has 0 fully saturated rings. The second kappa shape index (κ2) is 54.0. The van der Waals surface area contributed by atoms with Crippen molar-refractivity contribution in [3.63, 3.8) is 0 Å². The molecule has 638 valence electrons. The van der Waals surface area contributed by atoms with Crippen LogP contribution in [-0.2, 0) is 76.9 Å². The quantitative estimate of drug-likeness (QED) is 0.0223. The van der Waals surface area contributed by atoms with Crippen molar-refractivity contribution in [2.45, 2.75) is 27.7 Å². The molecule has 0 aliphatic carbocycles. The van der Waals surface area contributed by atoms with Crippen molar-refractivity contribution < 1.29 is 152 Å². The van der Waals surface area contributed by atoms with E-state index < -0.39 is 71.0 Å². The molecule has 10 rings (SSSR count). The molecule has 0 unspecified atom stereocenters. The predicted octanol–water partition coefficient (Wildman–Crippen LogP) is 25.6. The van der Waals surface area contributed by atoms with Gasteiger partial charge in [0, 0.05) is 26.4 Å². The summed E-state index contributed by atoms with van der Waals surface area (Å²) < 4.78 is 187. The summed E-state index contributed by atoms with van der Waals surface area (Å²) in [5.41, 5.74) is 0. The summed E-state index contributed by atoms with van der Waals surface area (Å²) >= 11 is 19.1. The van der Waals surface area contributed by atoms with Crippen LogP contribution in [0.3, 0.4) is 0 Å². The van der Waals surface area contributed by atoms with Gasteiger partial charge in [-0.2, -0.15) is 0 Å². The van der Waals surface area contributed by atoms with Gasteiger partial charge in [0.15, 0.2) is 23.6 Å². The first-order valence-corrected chi connectivity index (χ1v) is 51.4. The average molecular weight is 2130 g/mol. The molecule has 0 radical (unpaired) electrons. The van der Waals surface area contributed by atoms with E-state index in [2.05, 4.69) is 303 Å². The van der Waals surface area contributed by atoms with Gasteiger partial charge in [-0.15, -0.1) is 46.4 Å². The van der Waals surface area contributed by atoms with E-state index in [0.29, 0.717) is 0 Å². The van der Waals surface area contributed by atoms with Gasteiger partial charge >= 0.3 is 155 Å². The van der Waals surface area contributed by atoms with E-state index in [1.54, 1.807) is 10.6 Å². The van der Waals surface area contributed by atoms with Crippen LogP contribution in [0.5, 0.6) is 0 Å². The molecule has 0 aliphatic rings. The van der Waals surface area contributed by atoms with E-state index in [9.17, 15) is 75.5 Å². The van der Waals surface area contributed by atoms with Crippen molar-refractivity contribution >= 4 is 170 Å². The molecule has 10 aromatic rings. The second-order valence-electron chi connectivity index (χ2n) is 22.1. The topological polar surface area (TPSA) is 84.5 Å². The molecule has 0 bridgehead atoms.